The van der Waals surface area contributed by atoms with Crippen molar-refractivity contribution in [2.45, 2.75) is 36.9 Å². The topological polar surface area (TPSA) is 117 Å². The Kier molecular flexibility index (Phi) is 4.66. The Bertz CT molecular complexity index is 1300. The zero-order valence-electron chi connectivity index (χ0n) is 17.0. The van der Waals surface area contributed by atoms with Crippen LogP contribution in [0.25, 0.3) is 16.6 Å². The number of nitrogen functional groups attached to an aromatic ring is 1. The summed E-state index contributed by atoms with van der Waals surface area (Å²) in [6.07, 6.45) is -1.81. The van der Waals surface area contributed by atoms with Crippen molar-refractivity contribution < 1.29 is 17.9 Å². The van der Waals surface area contributed by atoms with E-state index in [9.17, 15) is 13.2 Å². The number of fused-ring (bicyclic) bond motifs is 3. The second-order valence-corrected chi connectivity index (χ2v) is 7.93. The molecular formula is C21H20F3N7O. The average Bonchev–Trinajstić information content (AvgIpc) is 3.17. The predicted molar refractivity (Wildman–Crippen MR) is 111 cm³/mol. The second-order valence-electron chi connectivity index (χ2n) is 7.93. The molecule has 166 valence electrons. The fourth-order valence-electron chi connectivity index (χ4n) is 4.08. The van der Waals surface area contributed by atoms with E-state index in [-0.39, 0.29) is 23.3 Å². The Hall–Kier alpha value is -3.47. The number of hydrogen-bond acceptors (Lipinski definition) is 7. The Balaban J connectivity index is 1.37. The minimum Gasteiger partial charge on any atom is -0.494 e. The number of halogens is 3. The molecule has 0 spiro atoms. The summed E-state index contributed by atoms with van der Waals surface area (Å²) in [5, 5.41) is 5.33. The van der Waals surface area contributed by atoms with Crippen molar-refractivity contribution in [1.82, 2.24) is 24.6 Å². The van der Waals surface area contributed by atoms with Gasteiger partial charge in [-0.25, -0.2) is 9.97 Å². The van der Waals surface area contributed by atoms with E-state index in [0.29, 0.717) is 22.7 Å². The van der Waals surface area contributed by atoms with E-state index >= 15 is 0 Å². The van der Waals surface area contributed by atoms with Crippen LogP contribution in [0.1, 0.15) is 47.8 Å². The molecule has 0 radical (unpaired) electrons. The standard InChI is InChI=1S/C21H20F3N7O/c1-32-15-4-2-3-13-16(15)28-20(26)31-19(13)29-18(30-31)12-7-11(8-12)14-6-5-10(9-27-14)17(25)21(22,23)24/h2-6,9,11-12,17H,7-8,25H2,1H3,(H2,26,28)/t11?,12?,17-/m1/s1. The van der Waals surface area contributed by atoms with Gasteiger partial charge in [-0.05, 0) is 36.6 Å². The van der Waals surface area contributed by atoms with Gasteiger partial charge in [0.2, 0.25) is 5.95 Å². The van der Waals surface area contributed by atoms with Crippen LogP contribution in [0.2, 0.25) is 0 Å². The second kappa shape index (κ2) is 7.30. The highest BCUT2D eigenvalue weighted by Crippen LogP contribution is 2.46. The van der Waals surface area contributed by atoms with Gasteiger partial charge in [-0.2, -0.15) is 17.7 Å². The number of para-hydroxylation sites is 1. The van der Waals surface area contributed by atoms with E-state index in [0.717, 1.165) is 23.9 Å². The van der Waals surface area contributed by atoms with Gasteiger partial charge in [0.25, 0.3) is 0 Å². The van der Waals surface area contributed by atoms with Crippen molar-refractivity contribution in [3.8, 4) is 5.75 Å². The lowest BCUT2D eigenvalue weighted by atomic mass is 9.72. The van der Waals surface area contributed by atoms with Crippen molar-refractivity contribution in [2.75, 3.05) is 12.8 Å². The maximum absolute atomic E-state index is 12.8. The molecule has 1 fully saturated rings. The van der Waals surface area contributed by atoms with E-state index < -0.39 is 12.2 Å². The smallest absolute Gasteiger partial charge is 0.407 e. The van der Waals surface area contributed by atoms with E-state index in [1.165, 1.54) is 16.8 Å². The maximum atomic E-state index is 12.8. The lowest BCUT2D eigenvalue weighted by Crippen LogP contribution is -2.28. The molecule has 4 N–H and O–H groups in total. The van der Waals surface area contributed by atoms with Crippen LogP contribution in [-0.2, 0) is 0 Å². The maximum Gasteiger partial charge on any atom is 0.407 e. The number of benzene rings is 1. The molecule has 0 amide bonds. The summed E-state index contributed by atoms with van der Waals surface area (Å²) in [6, 6.07) is 6.52. The van der Waals surface area contributed by atoms with Gasteiger partial charge in [-0.3, -0.25) is 4.98 Å². The molecule has 1 aliphatic carbocycles. The highest BCUT2D eigenvalue weighted by Gasteiger charge is 2.39. The summed E-state index contributed by atoms with van der Waals surface area (Å²) in [7, 11) is 1.57. The number of nitrogens with zero attached hydrogens (tertiary/aromatic N) is 5. The molecular weight excluding hydrogens is 423 g/mol. The van der Waals surface area contributed by atoms with Crippen LogP contribution in [0.15, 0.2) is 36.5 Å². The average molecular weight is 443 g/mol. The molecule has 1 saturated carbocycles. The number of ether oxygens (including phenoxy) is 1. The fourth-order valence-corrected chi connectivity index (χ4v) is 4.08. The molecule has 4 aromatic rings. The van der Waals surface area contributed by atoms with Crippen LogP contribution < -0.4 is 16.2 Å². The van der Waals surface area contributed by atoms with Crippen molar-refractivity contribution in [2.24, 2.45) is 5.73 Å². The first-order chi connectivity index (χ1) is 15.3. The lowest BCUT2D eigenvalue weighted by Gasteiger charge is -2.33. The first-order valence-electron chi connectivity index (χ1n) is 10.0. The Morgan fingerprint density at radius 3 is 2.56 bits per heavy atom. The molecule has 11 heteroatoms. The first kappa shape index (κ1) is 20.4. The zero-order valence-corrected chi connectivity index (χ0v) is 17.0. The molecule has 3 heterocycles. The number of aromatic nitrogens is 5. The molecule has 0 aliphatic heterocycles. The molecule has 1 atom stereocenters. The van der Waals surface area contributed by atoms with E-state index in [2.05, 4.69) is 15.1 Å². The molecule has 0 bridgehead atoms. The molecule has 3 aromatic heterocycles. The number of pyridine rings is 1. The molecule has 1 aliphatic rings. The molecule has 1 aromatic carbocycles. The summed E-state index contributed by atoms with van der Waals surface area (Å²) in [4.78, 5) is 13.3. The minimum absolute atomic E-state index is 0.0515. The summed E-state index contributed by atoms with van der Waals surface area (Å²) in [5.41, 5.74) is 13.2. The van der Waals surface area contributed by atoms with Crippen molar-refractivity contribution in [3.05, 3.63) is 53.6 Å². The lowest BCUT2D eigenvalue weighted by molar-refractivity contribution is -0.149. The highest BCUT2D eigenvalue weighted by molar-refractivity contribution is 5.95. The highest BCUT2D eigenvalue weighted by atomic mass is 19.4. The van der Waals surface area contributed by atoms with E-state index in [1.807, 2.05) is 12.1 Å². The molecule has 8 nitrogen and oxygen atoms in total. The quantitative estimate of drug-likeness (QED) is 0.496. The fraction of sp³-hybridized carbons (Fsp3) is 0.333. The number of rotatable bonds is 4. The monoisotopic (exact) mass is 443 g/mol. The van der Waals surface area contributed by atoms with Gasteiger partial charge in [-0.15, -0.1) is 5.10 Å². The molecule has 5 rings (SSSR count). The molecule has 32 heavy (non-hydrogen) atoms. The van der Waals surface area contributed by atoms with Crippen LogP contribution in [-0.4, -0.2) is 37.9 Å². The minimum atomic E-state index is -4.50. The first-order valence-corrected chi connectivity index (χ1v) is 10.0. The number of anilines is 1. The van der Waals surface area contributed by atoms with Crippen LogP contribution in [0.4, 0.5) is 19.1 Å². The Labute approximate surface area is 180 Å². The number of hydrogen-bond donors (Lipinski definition) is 2. The van der Waals surface area contributed by atoms with E-state index in [4.69, 9.17) is 21.2 Å². The van der Waals surface area contributed by atoms with Gasteiger partial charge < -0.3 is 16.2 Å². The van der Waals surface area contributed by atoms with Crippen molar-refractivity contribution >= 4 is 22.5 Å². The summed E-state index contributed by atoms with van der Waals surface area (Å²) < 4.78 is 45.2. The normalized spacial score (nSPS) is 19.8. The van der Waals surface area contributed by atoms with E-state index in [1.54, 1.807) is 19.2 Å². The van der Waals surface area contributed by atoms with Gasteiger partial charge in [0.15, 0.2) is 11.5 Å². The van der Waals surface area contributed by atoms with Gasteiger partial charge >= 0.3 is 6.18 Å². The largest absolute Gasteiger partial charge is 0.494 e. The molecule has 0 saturated heterocycles. The summed E-state index contributed by atoms with van der Waals surface area (Å²) in [6.45, 7) is 0. The van der Waals surface area contributed by atoms with Crippen LogP contribution in [0, 0.1) is 0 Å². The van der Waals surface area contributed by atoms with Crippen molar-refractivity contribution in [1.29, 1.82) is 0 Å². The van der Waals surface area contributed by atoms with Crippen LogP contribution in [0.5, 0.6) is 5.75 Å². The van der Waals surface area contributed by atoms with Crippen LogP contribution >= 0.6 is 0 Å². The number of alkyl halides is 3. The third kappa shape index (κ3) is 3.29. The van der Waals surface area contributed by atoms with Crippen molar-refractivity contribution in [3.63, 3.8) is 0 Å². The number of methoxy groups -OCH3 is 1. The SMILES string of the molecule is COc1cccc2c1nc(N)n1nc(C3CC(c4ccc([C@@H](N)C(F)(F)F)cn4)C3)nc21. The predicted octanol–water partition coefficient (Wildman–Crippen LogP) is 3.49. The van der Waals surface area contributed by atoms with Gasteiger partial charge in [0.1, 0.15) is 17.3 Å². The number of nitrogens with two attached hydrogens (primary N) is 2. The third-order valence-corrected chi connectivity index (χ3v) is 5.97. The van der Waals surface area contributed by atoms with Gasteiger partial charge in [-0.1, -0.05) is 12.1 Å². The Morgan fingerprint density at radius 2 is 1.91 bits per heavy atom. The van der Waals surface area contributed by atoms with Gasteiger partial charge in [0.05, 0.1) is 7.11 Å². The Morgan fingerprint density at radius 1 is 1.12 bits per heavy atom. The molecule has 0 unspecified atom stereocenters. The third-order valence-electron chi connectivity index (χ3n) is 5.97. The summed E-state index contributed by atoms with van der Waals surface area (Å²) in [5.74, 6) is 1.68. The van der Waals surface area contributed by atoms with Crippen LogP contribution in [0.3, 0.4) is 0 Å². The summed E-state index contributed by atoms with van der Waals surface area (Å²) >= 11 is 0. The van der Waals surface area contributed by atoms with Gasteiger partial charge in [0, 0.05) is 29.1 Å². The zero-order chi connectivity index (χ0) is 22.6.